The molecule has 0 unspecified atom stereocenters. The monoisotopic (exact) mass is 363 g/mol. The third-order valence-electron chi connectivity index (χ3n) is 5.33. The number of benzene rings is 1. The molecule has 2 aromatic heterocycles. The molecule has 0 aliphatic carbocycles. The van der Waals surface area contributed by atoms with Gasteiger partial charge in [0.1, 0.15) is 0 Å². The van der Waals surface area contributed by atoms with E-state index in [9.17, 15) is 4.79 Å². The lowest BCUT2D eigenvalue weighted by atomic mass is 10.1. The lowest BCUT2D eigenvalue weighted by Gasteiger charge is -2.23. The number of H-pyrrole nitrogens is 1. The summed E-state index contributed by atoms with van der Waals surface area (Å²) in [6.45, 7) is 7.61. The fraction of sp³-hybridized carbons (Fsp3) is 0.381. The van der Waals surface area contributed by atoms with Gasteiger partial charge >= 0.3 is 0 Å². The van der Waals surface area contributed by atoms with Crippen molar-refractivity contribution >= 4 is 16.9 Å². The zero-order valence-electron chi connectivity index (χ0n) is 16.1. The van der Waals surface area contributed by atoms with Crippen molar-refractivity contribution in [2.45, 2.75) is 46.2 Å². The number of fused-ring (bicyclic) bond motifs is 1. The maximum absolute atomic E-state index is 12.8. The van der Waals surface area contributed by atoms with E-state index in [-0.39, 0.29) is 11.9 Å². The highest BCUT2D eigenvalue weighted by Crippen LogP contribution is 2.20. The zero-order valence-corrected chi connectivity index (χ0v) is 16.1. The van der Waals surface area contributed by atoms with Gasteiger partial charge in [-0.25, -0.2) is 4.98 Å². The molecule has 0 radical (unpaired) electrons. The van der Waals surface area contributed by atoms with Crippen molar-refractivity contribution in [2.24, 2.45) is 0 Å². The molecule has 4 rings (SSSR count). The summed E-state index contributed by atoms with van der Waals surface area (Å²) in [5.41, 5.74) is 5.93. The number of aromatic nitrogens is 4. The summed E-state index contributed by atoms with van der Waals surface area (Å²) in [6, 6.07) is 6.31. The van der Waals surface area contributed by atoms with Gasteiger partial charge in [-0.3, -0.25) is 9.89 Å². The molecule has 3 aromatic rings. The molecular weight excluding hydrogens is 338 g/mol. The van der Waals surface area contributed by atoms with E-state index < -0.39 is 0 Å². The zero-order chi connectivity index (χ0) is 19.0. The smallest absolute Gasteiger partial charge is 0.275 e. The number of hydrogen-bond donors (Lipinski definition) is 1. The van der Waals surface area contributed by atoms with Crippen LogP contribution in [0.5, 0.6) is 0 Å². The van der Waals surface area contributed by atoms with Crippen LogP contribution in [0.2, 0.25) is 0 Å². The molecule has 0 saturated carbocycles. The Morgan fingerprint density at radius 3 is 2.89 bits per heavy atom. The third-order valence-corrected chi connectivity index (χ3v) is 5.33. The first-order valence-electron chi connectivity index (χ1n) is 9.51. The number of aromatic amines is 1. The molecule has 140 valence electrons. The van der Waals surface area contributed by atoms with Crippen LogP contribution < -0.4 is 0 Å². The van der Waals surface area contributed by atoms with E-state index in [4.69, 9.17) is 0 Å². The maximum Gasteiger partial charge on any atom is 0.275 e. The predicted molar refractivity (Wildman–Crippen MR) is 106 cm³/mol. The average molecular weight is 363 g/mol. The predicted octanol–water partition coefficient (Wildman–Crippen LogP) is 3.61. The lowest BCUT2D eigenvalue weighted by Crippen LogP contribution is -2.36. The second kappa shape index (κ2) is 7.02. The van der Waals surface area contributed by atoms with Crippen molar-refractivity contribution in [2.75, 3.05) is 6.54 Å². The van der Waals surface area contributed by atoms with Crippen LogP contribution in [-0.4, -0.2) is 43.1 Å². The van der Waals surface area contributed by atoms with E-state index in [0.717, 1.165) is 29.6 Å². The highest BCUT2D eigenvalue weighted by atomic mass is 16.2. The summed E-state index contributed by atoms with van der Waals surface area (Å²) in [7, 11) is 0. The molecule has 1 aliphatic heterocycles. The molecule has 1 N–H and O–H groups in total. The van der Waals surface area contributed by atoms with Crippen LogP contribution in [0.4, 0.5) is 0 Å². The van der Waals surface area contributed by atoms with Gasteiger partial charge in [0.15, 0.2) is 5.69 Å². The second-order valence-corrected chi connectivity index (χ2v) is 7.32. The van der Waals surface area contributed by atoms with E-state index in [1.54, 1.807) is 0 Å². The Kier molecular flexibility index (Phi) is 4.56. The molecule has 6 nitrogen and oxygen atoms in total. The summed E-state index contributed by atoms with van der Waals surface area (Å²) in [6.07, 6.45) is 8.06. The van der Waals surface area contributed by atoms with Crippen molar-refractivity contribution in [3.63, 3.8) is 0 Å². The molecule has 27 heavy (non-hydrogen) atoms. The number of amides is 1. The highest BCUT2D eigenvalue weighted by molar-refractivity contribution is 5.93. The molecular formula is C21H25N5O. The number of carbonyl (C=O) groups is 1. The first-order valence-corrected chi connectivity index (χ1v) is 9.51. The largest absolute Gasteiger partial charge is 0.327 e. The quantitative estimate of drug-likeness (QED) is 0.704. The Morgan fingerprint density at radius 1 is 1.26 bits per heavy atom. The Bertz CT molecular complexity index is 1010. The van der Waals surface area contributed by atoms with Gasteiger partial charge < -0.3 is 9.47 Å². The highest BCUT2D eigenvalue weighted by Gasteiger charge is 2.26. The van der Waals surface area contributed by atoms with Gasteiger partial charge in [0.05, 0.1) is 35.6 Å². The maximum atomic E-state index is 12.8. The minimum atomic E-state index is -0.0112. The summed E-state index contributed by atoms with van der Waals surface area (Å²) in [5.74, 6) is -0.0112. The molecule has 6 heteroatoms. The Hall–Kier alpha value is -2.89. The SMILES string of the molecule is CCC[C@H]1C=CCN1C(=O)c1cc(Cn2cnc3cc(C)c(C)cc32)[nH]n1. The standard InChI is InChI=1S/C21H25N5O/c1-4-6-17-7-5-8-26(17)21(27)19-11-16(23-24-19)12-25-13-22-18-9-14(2)15(3)10-20(18)25/h5,7,9-11,13,17H,4,6,8,12H2,1-3H3,(H,23,24)/t17-/m0/s1. The van der Waals surface area contributed by atoms with Crippen molar-refractivity contribution in [1.82, 2.24) is 24.6 Å². The number of rotatable bonds is 5. The van der Waals surface area contributed by atoms with E-state index in [0.29, 0.717) is 18.8 Å². The van der Waals surface area contributed by atoms with E-state index in [2.05, 4.69) is 64.8 Å². The molecule has 3 heterocycles. The topological polar surface area (TPSA) is 66.8 Å². The fourth-order valence-corrected chi connectivity index (χ4v) is 3.67. The molecule has 0 bridgehead atoms. The van der Waals surface area contributed by atoms with Gasteiger partial charge in [0.25, 0.3) is 5.91 Å². The molecule has 0 spiro atoms. The second-order valence-electron chi connectivity index (χ2n) is 7.32. The summed E-state index contributed by atoms with van der Waals surface area (Å²) in [4.78, 5) is 19.2. The minimum Gasteiger partial charge on any atom is -0.327 e. The molecule has 0 fully saturated rings. The van der Waals surface area contributed by atoms with Gasteiger partial charge in [-0.05, 0) is 49.6 Å². The fourth-order valence-electron chi connectivity index (χ4n) is 3.67. The summed E-state index contributed by atoms with van der Waals surface area (Å²) in [5, 5.41) is 7.29. The number of aryl methyl sites for hydroxylation is 2. The van der Waals surface area contributed by atoms with Crippen LogP contribution in [0.1, 0.15) is 47.1 Å². The molecule has 1 amide bonds. The number of nitrogens with zero attached hydrogens (tertiary/aromatic N) is 4. The number of hydrogen-bond acceptors (Lipinski definition) is 3. The van der Waals surface area contributed by atoms with Crippen LogP contribution in [0.15, 0.2) is 36.7 Å². The van der Waals surface area contributed by atoms with Gasteiger partial charge in [0, 0.05) is 6.54 Å². The van der Waals surface area contributed by atoms with E-state index in [1.807, 2.05) is 17.3 Å². The van der Waals surface area contributed by atoms with Crippen LogP contribution in [0.25, 0.3) is 11.0 Å². The van der Waals surface area contributed by atoms with Crippen LogP contribution in [0, 0.1) is 13.8 Å². The van der Waals surface area contributed by atoms with Gasteiger partial charge in [-0.15, -0.1) is 0 Å². The summed E-state index contributed by atoms with van der Waals surface area (Å²) < 4.78 is 2.08. The van der Waals surface area contributed by atoms with Crippen LogP contribution in [-0.2, 0) is 6.54 Å². The van der Waals surface area contributed by atoms with Crippen LogP contribution in [0.3, 0.4) is 0 Å². The molecule has 1 aromatic carbocycles. The van der Waals surface area contributed by atoms with Gasteiger partial charge in [-0.2, -0.15) is 5.10 Å². The normalized spacial score (nSPS) is 16.6. The van der Waals surface area contributed by atoms with Crippen molar-refractivity contribution in [3.05, 3.63) is 59.2 Å². The first-order chi connectivity index (χ1) is 13.1. The molecule has 0 saturated heterocycles. The van der Waals surface area contributed by atoms with Crippen molar-refractivity contribution < 1.29 is 4.79 Å². The Labute approximate surface area is 158 Å². The Balaban J connectivity index is 1.53. The lowest BCUT2D eigenvalue weighted by molar-refractivity contribution is 0.0738. The van der Waals surface area contributed by atoms with Crippen molar-refractivity contribution in [1.29, 1.82) is 0 Å². The molecule has 1 atom stereocenters. The number of carbonyl (C=O) groups excluding carboxylic acids is 1. The average Bonchev–Trinajstić information content (AvgIpc) is 3.37. The van der Waals surface area contributed by atoms with Gasteiger partial charge in [0.2, 0.25) is 0 Å². The number of nitrogens with one attached hydrogen (secondary N) is 1. The van der Waals surface area contributed by atoms with Gasteiger partial charge in [-0.1, -0.05) is 25.5 Å². The molecule has 1 aliphatic rings. The van der Waals surface area contributed by atoms with Crippen LogP contribution >= 0.6 is 0 Å². The number of imidazole rings is 1. The van der Waals surface area contributed by atoms with E-state index >= 15 is 0 Å². The first kappa shape index (κ1) is 17.5. The van der Waals surface area contributed by atoms with Crippen molar-refractivity contribution in [3.8, 4) is 0 Å². The Morgan fingerprint density at radius 2 is 2.07 bits per heavy atom. The minimum absolute atomic E-state index is 0.0112. The third kappa shape index (κ3) is 3.27. The summed E-state index contributed by atoms with van der Waals surface area (Å²) >= 11 is 0. The van der Waals surface area contributed by atoms with E-state index in [1.165, 1.54) is 11.1 Å².